The lowest BCUT2D eigenvalue weighted by molar-refractivity contribution is -0.121. The van der Waals surface area contributed by atoms with E-state index >= 15 is 0 Å². The van der Waals surface area contributed by atoms with Gasteiger partial charge in [-0.3, -0.25) is 9.59 Å². The van der Waals surface area contributed by atoms with E-state index in [1.807, 2.05) is 48.5 Å². The van der Waals surface area contributed by atoms with Gasteiger partial charge in [-0.15, -0.1) is 0 Å². The number of guanidine groups is 1. The van der Waals surface area contributed by atoms with Crippen LogP contribution in [0.2, 0.25) is 0 Å². The van der Waals surface area contributed by atoms with Crippen LogP contribution in [-0.4, -0.2) is 35.8 Å². The van der Waals surface area contributed by atoms with Crippen LogP contribution in [-0.2, 0) is 4.79 Å². The van der Waals surface area contributed by atoms with Gasteiger partial charge in [0.25, 0.3) is 11.8 Å². The Labute approximate surface area is 146 Å². The molecule has 1 heterocycles. The molecule has 25 heavy (non-hydrogen) atoms. The predicted molar refractivity (Wildman–Crippen MR) is 95.8 cm³/mol. The number of carbonyl (C=O) groups excluding carboxylic acids is 2. The van der Waals surface area contributed by atoms with Gasteiger partial charge in [0, 0.05) is 24.6 Å². The summed E-state index contributed by atoms with van der Waals surface area (Å²) in [5.74, 6) is -1.34. The fourth-order valence-electron chi connectivity index (χ4n) is 3.23. The number of nitrogens with two attached hydrogens (primary N) is 2. The Morgan fingerprint density at radius 1 is 0.920 bits per heavy atom. The second-order valence-corrected chi connectivity index (χ2v) is 6.07. The molecule has 128 valence electrons. The molecule has 4 N–H and O–H groups in total. The molecule has 2 aromatic rings. The molecule has 0 saturated carbocycles. The quantitative estimate of drug-likeness (QED) is 0.652. The van der Waals surface area contributed by atoms with E-state index in [0.29, 0.717) is 18.7 Å². The fourth-order valence-corrected chi connectivity index (χ4v) is 3.23. The maximum absolute atomic E-state index is 12.7. The van der Waals surface area contributed by atoms with E-state index in [1.54, 1.807) is 17.0 Å². The van der Waals surface area contributed by atoms with E-state index in [2.05, 4.69) is 4.99 Å². The summed E-state index contributed by atoms with van der Waals surface area (Å²) < 4.78 is 0. The molecule has 0 aromatic heterocycles. The van der Waals surface area contributed by atoms with Crippen molar-refractivity contribution in [3.63, 3.8) is 0 Å². The van der Waals surface area contributed by atoms with Crippen molar-refractivity contribution in [2.45, 2.75) is 5.92 Å². The molecule has 1 saturated heterocycles. The SMILES string of the molecule is NC(N)=NC(=O)[C@H]1CN(C(=O)c2ccccc2)C[C@@H]1c1ccccc1. The molecular formula is C19H20N4O2. The standard InChI is InChI=1S/C19H20N4O2/c20-19(21)22-17(24)16-12-23(18(25)14-9-5-2-6-10-14)11-15(16)13-7-3-1-4-8-13/h1-10,15-16H,11-12H2,(H4,20,21,22,24)/t15-,16+/m1/s1. The average Bonchev–Trinajstić information content (AvgIpc) is 3.07. The van der Waals surface area contributed by atoms with Crippen molar-refractivity contribution < 1.29 is 9.59 Å². The summed E-state index contributed by atoms with van der Waals surface area (Å²) >= 11 is 0. The Balaban J connectivity index is 1.89. The van der Waals surface area contributed by atoms with Gasteiger partial charge in [0.15, 0.2) is 5.96 Å². The first kappa shape index (κ1) is 16.7. The van der Waals surface area contributed by atoms with Crippen molar-refractivity contribution in [2.75, 3.05) is 13.1 Å². The second-order valence-electron chi connectivity index (χ2n) is 6.07. The molecule has 0 unspecified atom stereocenters. The van der Waals surface area contributed by atoms with Crippen LogP contribution in [0.5, 0.6) is 0 Å². The van der Waals surface area contributed by atoms with Crippen LogP contribution >= 0.6 is 0 Å². The minimum Gasteiger partial charge on any atom is -0.370 e. The topological polar surface area (TPSA) is 102 Å². The Kier molecular flexibility index (Phi) is 4.79. The lowest BCUT2D eigenvalue weighted by Gasteiger charge is -2.16. The van der Waals surface area contributed by atoms with Crippen LogP contribution in [0.25, 0.3) is 0 Å². The highest BCUT2D eigenvalue weighted by molar-refractivity contribution is 5.97. The molecule has 1 aliphatic heterocycles. The molecule has 2 aromatic carbocycles. The second kappa shape index (κ2) is 7.17. The Bertz CT molecular complexity index is 786. The van der Waals surface area contributed by atoms with Crippen molar-refractivity contribution >= 4 is 17.8 Å². The van der Waals surface area contributed by atoms with Crippen LogP contribution < -0.4 is 11.5 Å². The average molecular weight is 336 g/mol. The summed E-state index contributed by atoms with van der Waals surface area (Å²) in [5.41, 5.74) is 12.3. The lowest BCUT2D eigenvalue weighted by Crippen LogP contribution is -2.31. The van der Waals surface area contributed by atoms with Crippen molar-refractivity contribution in [1.82, 2.24) is 4.90 Å². The van der Waals surface area contributed by atoms with Crippen LogP contribution in [0.4, 0.5) is 0 Å². The minimum absolute atomic E-state index is 0.0958. The minimum atomic E-state index is -0.461. The van der Waals surface area contributed by atoms with Crippen molar-refractivity contribution in [3.05, 3.63) is 71.8 Å². The zero-order chi connectivity index (χ0) is 17.8. The number of aliphatic imine (C=N–C) groups is 1. The number of rotatable bonds is 3. The van der Waals surface area contributed by atoms with E-state index in [1.165, 1.54) is 0 Å². The van der Waals surface area contributed by atoms with Gasteiger partial charge in [-0.05, 0) is 17.7 Å². The van der Waals surface area contributed by atoms with Crippen molar-refractivity contribution in [3.8, 4) is 0 Å². The van der Waals surface area contributed by atoms with Crippen molar-refractivity contribution in [2.24, 2.45) is 22.4 Å². The highest BCUT2D eigenvalue weighted by atomic mass is 16.2. The van der Waals surface area contributed by atoms with Gasteiger partial charge in [0.2, 0.25) is 0 Å². The molecule has 6 heteroatoms. The van der Waals surface area contributed by atoms with Gasteiger partial charge < -0.3 is 16.4 Å². The molecule has 6 nitrogen and oxygen atoms in total. The van der Waals surface area contributed by atoms with Crippen LogP contribution in [0.1, 0.15) is 21.8 Å². The van der Waals surface area contributed by atoms with Gasteiger partial charge in [0.1, 0.15) is 0 Å². The Morgan fingerprint density at radius 2 is 1.52 bits per heavy atom. The highest BCUT2D eigenvalue weighted by Crippen LogP contribution is 2.34. The van der Waals surface area contributed by atoms with Crippen LogP contribution in [0, 0.1) is 5.92 Å². The lowest BCUT2D eigenvalue weighted by atomic mass is 9.88. The molecule has 3 rings (SSSR count). The molecule has 0 spiro atoms. The number of hydrogen-bond acceptors (Lipinski definition) is 2. The summed E-state index contributed by atoms with van der Waals surface area (Å²) in [6.07, 6.45) is 0. The number of benzene rings is 2. The normalized spacial score (nSPS) is 19.4. The monoisotopic (exact) mass is 336 g/mol. The first-order valence-electron chi connectivity index (χ1n) is 8.09. The third-order valence-corrected chi connectivity index (χ3v) is 4.41. The smallest absolute Gasteiger partial charge is 0.254 e. The number of nitrogens with zero attached hydrogens (tertiary/aromatic N) is 2. The molecule has 1 aliphatic rings. The van der Waals surface area contributed by atoms with Gasteiger partial charge in [0.05, 0.1) is 5.92 Å². The molecule has 0 radical (unpaired) electrons. The molecular weight excluding hydrogens is 316 g/mol. The third kappa shape index (κ3) is 3.68. The number of hydrogen-bond donors (Lipinski definition) is 2. The molecule has 0 aliphatic carbocycles. The zero-order valence-corrected chi connectivity index (χ0v) is 13.7. The molecule has 2 amide bonds. The maximum Gasteiger partial charge on any atom is 0.254 e. The molecule has 1 fully saturated rings. The van der Waals surface area contributed by atoms with Crippen LogP contribution in [0.15, 0.2) is 65.7 Å². The molecule has 0 bridgehead atoms. The van der Waals surface area contributed by atoms with Crippen molar-refractivity contribution in [1.29, 1.82) is 0 Å². The summed E-state index contributed by atoms with van der Waals surface area (Å²) in [4.78, 5) is 30.6. The summed E-state index contributed by atoms with van der Waals surface area (Å²) in [6, 6.07) is 18.7. The number of carbonyl (C=O) groups is 2. The maximum atomic E-state index is 12.7. The van der Waals surface area contributed by atoms with Gasteiger partial charge in [-0.2, -0.15) is 4.99 Å². The largest absolute Gasteiger partial charge is 0.370 e. The van der Waals surface area contributed by atoms with E-state index in [0.717, 1.165) is 5.56 Å². The summed E-state index contributed by atoms with van der Waals surface area (Å²) in [6.45, 7) is 0.747. The number of likely N-dealkylation sites (tertiary alicyclic amines) is 1. The van der Waals surface area contributed by atoms with Gasteiger partial charge in [-0.1, -0.05) is 48.5 Å². The van der Waals surface area contributed by atoms with Gasteiger partial charge >= 0.3 is 0 Å². The van der Waals surface area contributed by atoms with Gasteiger partial charge in [-0.25, -0.2) is 0 Å². The van der Waals surface area contributed by atoms with E-state index < -0.39 is 11.8 Å². The van der Waals surface area contributed by atoms with E-state index in [-0.39, 0.29) is 17.8 Å². The summed E-state index contributed by atoms with van der Waals surface area (Å²) in [5, 5.41) is 0. The first-order valence-corrected chi connectivity index (χ1v) is 8.09. The Morgan fingerprint density at radius 3 is 2.12 bits per heavy atom. The molecule has 2 atom stereocenters. The van der Waals surface area contributed by atoms with E-state index in [4.69, 9.17) is 11.5 Å². The predicted octanol–water partition coefficient (Wildman–Crippen LogP) is 1.34. The zero-order valence-electron chi connectivity index (χ0n) is 13.7. The third-order valence-electron chi connectivity index (χ3n) is 4.41. The fraction of sp³-hybridized carbons (Fsp3) is 0.211. The highest BCUT2D eigenvalue weighted by Gasteiger charge is 2.40. The van der Waals surface area contributed by atoms with E-state index in [9.17, 15) is 9.59 Å². The van der Waals surface area contributed by atoms with Crippen LogP contribution in [0.3, 0.4) is 0 Å². The first-order chi connectivity index (χ1) is 12.1. The summed E-state index contributed by atoms with van der Waals surface area (Å²) in [7, 11) is 0. The number of amides is 2. The Hall–Kier alpha value is -3.15.